The molecule has 1 unspecified atom stereocenters. The van der Waals surface area contributed by atoms with Gasteiger partial charge in [0, 0.05) is 23.7 Å². The lowest BCUT2D eigenvalue weighted by atomic mass is 10.3. The SMILES string of the molecule is CC(Sc1c(N)cccc1Cl)C(=O)N1CCCC1. The highest BCUT2D eigenvalue weighted by Gasteiger charge is 2.24. The second kappa shape index (κ2) is 5.85. The molecule has 0 aliphatic carbocycles. The van der Waals surface area contributed by atoms with Gasteiger partial charge in [-0.15, -0.1) is 11.8 Å². The number of amides is 1. The molecule has 0 saturated carbocycles. The van der Waals surface area contributed by atoms with Crippen LogP contribution in [0.25, 0.3) is 0 Å². The summed E-state index contributed by atoms with van der Waals surface area (Å²) in [6.07, 6.45) is 2.22. The van der Waals surface area contributed by atoms with E-state index in [0.717, 1.165) is 30.8 Å². The van der Waals surface area contributed by atoms with Gasteiger partial charge >= 0.3 is 0 Å². The van der Waals surface area contributed by atoms with Crippen LogP contribution in [0, 0.1) is 0 Å². The van der Waals surface area contributed by atoms with Crippen LogP contribution in [0.4, 0.5) is 5.69 Å². The molecule has 18 heavy (non-hydrogen) atoms. The Hall–Kier alpha value is -0.870. The van der Waals surface area contributed by atoms with E-state index in [1.165, 1.54) is 11.8 Å². The minimum absolute atomic E-state index is 0.148. The number of hydrogen-bond donors (Lipinski definition) is 1. The maximum atomic E-state index is 12.2. The van der Waals surface area contributed by atoms with Crippen molar-refractivity contribution in [3.8, 4) is 0 Å². The highest BCUT2D eigenvalue weighted by Crippen LogP contribution is 2.35. The molecule has 0 aromatic heterocycles. The Morgan fingerprint density at radius 2 is 2.11 bits per heavy atom. The molecular weight excluding hydrogens is 268 g/mol. The summed E-state index contributed by atoms with van der Waals surface area (Å²) in [6, 6.07) is 5.42. The number of anilines is 1. The van der Waals surface area contributed by atoms with Gasteiger partial charge in [0.15, 0.2) is 0 Å². The summed E-state index contributed by atoms with van der Waals surface area (Å²) in [5, 5.41) is 0.464. The number of rotatable bonds is 3. The Morgan fingerprint density at radius 3 is 2.72 bits per heavy atom. The first kappa shape index (κ1) is 13.6. The zero-order valence-electron chi connectivity index (χ0n) is 10.4. The fourth-order valence-corrected chi connectivity index (χ4v) is 3.38. The summed E-state index contributed by atoms with van der Waals surface area (Å²) >= 11 is 7.56. The van der Waals surface area contributed by atoms with Crippen molar-refractivity contribution in [1.29, 1.82) is 0 Å². The smallest absolute Gasteiger partial charge is 0.235 e. The van der Waals surface area contributed by atoms with Crippen LogP contribution in [0.2, 0.25) is 5.02 Å². The van der Waals surface area contributed by atoms with E-state index in [9.17, 15) is 4.79 Å². The maximum absolute atomic E-state index is 12.2. The van der Waals surface area contributed by atoms with Crippen LogP contribution in [-0.4, -0.2) is 29.1 Å². The molecule has 1 aromatic carbocycles. The van der Waals surface area contributed by atoms with Gasteiger partial charge in [-0.05, 0) is 31.9 Å². The first-order valence-corrected chi connectivity index (χ1v) is 7.35. The number of nitrogens with two attached hydrogens (primary N) is 1. The van der Waals surface area contributed by atoms with E-state index < -0.39 is 0 Å². The number of carbonyl (C=O) groups is 1. The fourth-order valence-electron chi connectivity index (χ4n) is 2.07. The first-order chi connectivity index (χ1) is 8.59. The molecule has 1 fully saturated rings. The molecule has 1 aliphatic rings. The van der Waals surface area contributed by atoms with Crippen LogP contribution in [0.15, 0.2) is 23.1 Å². The monoisotopic (exact) mass is 284 g/mol. The summed E-state index contributed by atoms with van der Waals surface area (Å²) in [5.74, 6) is 0.178. The molecular formula is C13H17ClN2OS. The lowest BCUT2D eigenvalue weighted by Gasteiger charge is -2.20. The summed E-state index contributed by atoms with van der Waals surface area (Å²) in [7, 11) is 0. The molecule has 2 rings (SSSR count). The quantitative estimate of drug-likeness (QED) is 0.685. The zero-order valence-corrected chi connectivity index (χ0v) is 11.9. The van der Waals surface area contributed by atoms with Crippen LogP contribution >= 0.6 is 23.4 Å². The van der Waals surface area contributed by atoms with Crippen molar-refractivity contribution in [2.24, 2.45) is 0 Å². The first-order valence-electron chi connectivity index (χ1n) is 6.09. The van der Waals surface area contributed by atoms with Gasteiger partial charge in [0.05, 0.1) is 10.3 Å². The molecule has 0 radical (unpaired) electrons. The third-order valence-electron chi connectivity index (χ3n) is 3.06. The molecule has 1 amide bonds. The molecule has 5 heteroatoms. The van der Waals surface area contributed by atoms with Crippen molar-refractivity contribution in [2.45, 2.75) is 29.9 Å². The zero-order chi connectivity index (χ0) is 13.1. The maximum Gasteiger partial charge on any atom is 0.235 e. The Labute approximate surface area is 117 Å². The van der Waals surface area contributed by atoms with Gasteiger partial charge in [0.25, 0.3) is 0 Å². The van der Waals surface area contributed by atoms with Crippen molar-refractivity contribution in [3.63, 3.8) is 0 Å². The number of benzene rings is 1. The summed E-state index contributed by atoms with van der Waals surface area (Å²) in [4.78, 5) is 14.9. The van der Waals surface area contributed by atoms with Gasteiger partial charge in [-0.3, -0.25) is 4.79 Å². The van der Waals surface area contributed by atoms with Crippen molar-refractivity contribution in [3.05, 3.63) is 23.2 Å². The number of hydrogen-bond acceptors (Lipinski definition) is 3. The number of carbonyl (C=O) groups excluding carboxylic acids is 1. The van der Waals surface area contributed by atoms with Gasteiger partial charge in [0.2, 0.25) is 5.91 Å². The molecule has 2 N–H and O–H groups in total. The van der Waals surface area contributed by atoms with Gasteiger partial charge < -0.3 is 10.6 Å². The largest absolute Gasteiger partial charge is 0.398 e. The number of thioether (sulfide) groups is 1. The standard InChI is InChI=1S/C13H17ClN2OS/c1-9(13(17)16-7-2-3-8-16)18-12-10(14)5-4-6-11(12)15/h4-6,9H,2-3,7-8,15H2,1H3. The van der Waals surface area contributed by atoms with Crippen LogP contribution < -0.4 is 5.73 Å². The van der Waals surface area contributed by atoms with E-state index in [2.05, 4.69) is 0 Å². The van der Waals surface area contributed by atoms with Gasteiger partial charge in [-0.1, -0.05) is 17.7 Å². The van der Waals surface area contributed by atoms with Crippen molar-refractivity contribution in [2.75, 3.05) is 18.8 Å². The average molecular weight is 285 g/mol. The fraction of sp³-hybridized carbons (Fsp3) is 0.462. The Kier molecular flexibility index (Phi) is 4.40. The number of likely N-dealkylation sites (tertiary alicyclic amines) is 1. The number of nitrogen functional groups attached to an aromatic ring is 1. The predicted molar refractivity (Wildman–Crippen MR) is 77.0 cm³/mol. The second-order valence-corrected chi connectivity index (χ2v) is 6.21. The lowest BCUT2D eigenvalue weighted by Crippen LogP contribution is -2.34. The predicted octanol–water partition coefficient (Wildman–Crippen LogP) is 3.03. The van der Waals surface area contributed by atoms with Crippen molar-refractivity contribution in [1.82, 2.24) is 4.90 Å². The minimum Gasteiger partial charge on any atom is -0.398 e. The van der Waals surface area contributed by atoms with E-state index in [1.807, 2.05) is 17.9 Å². The molecule has 3 nitrogen and oxygen atoms in total. The molecule has 1 aliphatic heterocycles. The Bertz CT molecular complexity index is 426. The summed E-state index contributed by atoms with van der Waals surface area (Å²) in [6.45, 7) is 3.66. The van der Waals surface area contributed by atoms with Crippen molar-refractivity contribution >= 4 is 35.0 Å². The van der Waals surface area contributed by atoms with E-state index in [-0.39, 0.29) is 11.2 Å². The molecule has 1 atom stereocenters. The van der Waals surface area contributed by atoms with Gasteiger partial charge in [-0.25, -0.2) is 0 Å². The molecule has 1 heterocycles. The average Bonchev–Trinajstić information content (AvgIpc) is 2.86. The number of halogens is 1. The van der Waals surface area contributed by atoms with Crippen LogP contribution in [0.1, 0.15) is 19.8 Å². The van der Waals surface area contributed by atoms with Crippen LogP contribution in [0.5, 0.6) is 0 Å². The van der Waals surface area contributed by atoms with Crippen molar-refractivity contribution < 1.29 is 4.79 Å². The Morgan fingerprint density at radius 1 is 1.44 bits per heavy atom. The molecule has 1 saturated heterocycles. The van der Waals surface area contributed by atoms with E-state index in [1.54, 1.807) is 12.1 Å². The number of nitrogens with zero attached hydrogens (tertiary/aromatic N) is 1. The third kappa shape index (κ3) is 2.93. The molecule has 0 spiro atoms. The molecule has 0 bridgehead atoms. The topological polar surface area (TPSA) is 46.3 Å². The van der Waals surface area contributed by atoms with E-state index in [4.69, 9.17) is 17.3 Å². The molecule has 1 aromatic rings. The highest BCUT2D eigenvalue weighted by atomic mass is 35.5. The third-order valence-corrected chi connectivity index (χ3v) is 4.73. The van der Waals surface area contributed by atoms with Gasteiger partial charge in [0.1, 0.15) is 0 Å². The van der Waals surface area contributed by atoms with E-state index >= 15 is 0 Å². The molecule has 98 valence electrons. The lowest BCUT2D eigenvalue weighted by molar-refractivity contribution is -0.129. The highest BCUT2D eigenvalue weighted by molar-refractivity contribution is 8.00. The summed E-state index contributed by atoms with van der Waals surface area (Å²) in [5.41, 5.74) is 6.53. The van der Waals surface area contributed by atoms with Gasteiger partial charge in [-0.2, -0.15) is 0 Å². The van der Waals surface area contributed by atoms with E-state index in [0.29, 0.717) is 10.7 Å². The Balaban J connectivity index is 2.06. The summed E-state index contributed by atoms with van der Waals surface area (Å²) < 4.78 is 0. The van der Waals surface area contributed by atoms with Crippen LogP contribution in [-0.2, 0) is 4.79 Å². The van der Waals surface area contributed by atoms with Crippen LogP contribution in [0.3, 0.4) is 0 Å². The second-order valence-electron chi connectivity index (χ2n) is 4.45. The minimum atomic E-state index is -0.148. The normalized spacial score (nSPS) is 16.9.